The van der Waals surface area contributed by atoms with Crippen molar-refractivity contribution in [3.05, 3.63) is 60.2 Å². The lowest BCUT2D eigenvalue weighted by Gasteiger charge is -2.04. The summed E-state index contributed by atoms with van der Waals surface area (Å²) < 4.78 is 5.54. The maximum atomic E-state index is 10.4. The molecule has 0 atom stereocenters. The number of carbonyl (C=O) groups is 1. The van der Waals surface area contributed by atoms with Crippen LogP contribution in [0.1, 0.15) is 10.4 Å². The smallest absolute Gasteiger partial charge is 0.150 e. The first-order valence-electron chi connectivity index (χ1n) is 4.58. The number of hydrogen-bond acceptors (Lipinski definition) is 2. The predicted octanol–water partition coefficient (Wildman–Crippen LogP) is 3.09. The fourth-order valence-corrected chi connectivity index (χ4v) is 1.19. The summed E-state index contributed by atoms with van der Waals surface area (Å²) in [5, 5.41) is 0. The van der Waals surface area contributed by atoms with Crippen LogP contribution in [0.15, 0.2) is 48.5 Å². The number of aldehydes is 1. The van der Waals surface area contributed by atoms with Crippen molar-refractivity contribution in [2.45, 2.75) is 0 Å². The number of carbonyl (C=O) groups excluding carboxylic acids is 1. The molecule has 0 N–H and O–H groups in total. The molecule has 73 valence electrons. The second kappa shape index (κ2) is 4.42. The van der Waals surface area contributed by atoms with Crippen LogP contribution in [0.2, 0.25) is 0 Å². The first kappa shape index (κ1) is 9.46. The van der Waals surface area contributed by atoms with E-state index in [1.807, 2.05) is 12.1 Å². The van der Waals surface area contributed by atoms with Gasteiger partial charge in [-0.25, -0.2) is 0 Å². The second-order valence-corrected chi connectivity index (χ2v) is 3.02. The van der Waals surface area contributed by atoms with Crippen molar-refractivity contribution in [3.63, 3.8) is 0 Å². The zero-order valence-electron chi connectivity index (χ0n) is 8.01. The Bertz CT molecular complexity index is 432. The van der Waals surface area contributed by atoms with E-state index in [-0.39, 0.29) is 0 Å². The number of ether oxygens (including phenoxy) is 1. The standard InChI is InChI=1S/C13H9O2/c14-10-11-6-8-13(9-7-11)15-12-4-2-1-3-5-12/h2-10H. The fraction of sp³-hybridized carbons (Fsp3) is 0. The number of benzene rings is 2. The van der Waals surface area contributed by atoms with Crippen LogP contribution in [0.5, 0.6) is 11.5 Å². The van der Waals surface area contributed by atoms with Gasteiger partial charge in [-0.2, -0.15) is 0 Å². The van der Waals surface area contributed by atoms with Gasteiger partial charge in [-0.3, -0.25) is 4.79 Å². The summed E-state index contributed by atoms with van der Waals surface area (Å²) in [6.07, 6.45) is 0.807. The molecule has 0 aromatic heterocycles. The molecule has 0 saturated heterocycles. The van der Waals surface area contributed by atoms with E-state index in [0.29, 0.717) is 11.3 Å². The van der Waals surface area contributed by atoms with Crippen molar-refractivity contribution in [2.75, 3.05) is 0 Å². The third-order valence-electron chi connectivity index (χ3n) is 1.94. The summed E-state index contributed by atoms with van der Waals surface area (Å²) in [4.78, 5) is 10.4. The zero-order valence-corrected chi connectivity index (χ0v) is 8.01. The van der Waals surface area contributed by atoms with Crippen LogP contribution in [0.3, 0.4) is 0 Å². The highest BCUT2D eigenvalue weighted by atomic mass is 16.5. The molecule has 0 fully saturated rings. The zero-order chi connectivity index (χ0) is 10.5. The summed E-state index contributed by atoms with van der Waals surface area (Å²) in [6, 6.07) is 17.1. The SMILES string of the molecule is O=Cc1ccc(Oc2cc[c]cc2)cc1. The van der Waals surface area contributed by atoms with E-state index in [1.54, 1.807) is 36.4 Å². The summed E-state index contributed by atoms with van der Waals surface area (Å²) in [6.45, 7) is 0. The molecule has 0 aliphatic rings. The monoisotopic (exact) mass is 197 g/mol. The van der Waals surface area contributed by atoms with E-state index < -0.39 is 0 Å². The van der Waals surface area contributed by atoms with Crippen molar-refractivity contribution in [3.8, 4) is 11.5 Å². The summed E-state index contributed by atoms with van der Waals surface area (Å²) in [7, 11) is 0. The Labute approximate surface area is 88.1 Å². The Morgan fingerprint density at radius 3 is 2.13 bits per heavy atom. The van der Waals surface area contributed by atoms with Gasteiger partial charge in [0.25, 0.3) is 0 Å². The number of hydrogen-bond donors (Lipinski definition) is 0. The van der Waals surface area contributed by atoms with Crippen LogP contribution in [0.25, 0.3) is 0 Å². The van der Waals surface area contributed by atoms with E-state index in [4.69, 9.17) is 4.74 Å². The molecule has 0 aliphatic heterocycles. The Hall–Kier alpha value is -2.09. The Kier molecular flexibility index (Phi) is 2.79. The van der Waals surface area contributed by atoms with Crippen LogP contribution in [0.4, 0.5) is 0 Å². The maximum absolute atomic E-state index is 10.4. The average Bonchev–Trinajstić information content (AvgIpc) is 2.31. The van der Waals surface area contributed by atoms with Gasteiger partial charge in [0.2, 0.25) is 0 Å². The minimum absolute atomic E-state index is 0.642. The van der Waals surface area contributed by atoms with Gasteiger partial charge in [-0.1, -0.05) is 12.1 Å². The van der Waals surface area contributed by atoms with E-state index in [9.17, 15) is 4.79 Å². The minimum Gasteiger partial charge on any atom is -0.457 e. The molecule has 2 rings (SSSR count). The van der Waals surface area contributed by atoms with Crippen molar-refractivity contribution in [1.82, 2.24) is 0 Å². The molecule has 2 nitrogen and oxygen atoms in total. The van der Waals surface area contributed by atoms with E-state index in [1.165, 1.54) is 0 Å². The van der Waals surface area contributed by atoms with Gasteiger partial charge in [-0.15, -0.1) is 0 Å². The van der Waals surface area contributed by atoms with Gasteiger partial charge in [-0.05, 0) is 42.5 Å². The van der Waals surface area contributed by atoms with E-state index in [2.05, 4.69) is 6.07 Å². The van der Waals surface area contributed by atoms with Crippen LogP contribution in [-0.2, 0) is 0 Å². The Morgan fingerprint density at radius 1 is 0.933 bits per heavy atom. The molecule has 0 spiro atoms. The summed E-state index contributed by atoms with van der Waals surface area (Å²) in [5.41, 5.74) is 0.642. The highest BCUT2D eigenvalue weighted by Crippen LogP contribution is 2.20. The molecule has 0 bridgehead atoms. The molecular formula is C13H9O2. The minimum atomic E-state index is 0.642. The first-order chi connectivity index (χ1) is 7.38. The second-order valence-electron chi connectivity index (χ2n) is 3.02. The maximum Gasteiger partial charge on any atom is 0.150 e. The molecule has 0 amide bonds. The molecule has 0 aliphatic carbocycles. The van der Waals surface area contributed by atoms with Gasteiger partial charge in [0.05, 0.1) is 0 Å². The fourth-order valence-electron chi connectivity index (χ4n) is 1.19. The van der Waals surface area contributed by atoms with E-state index in [0.717, 1.165) is 12.0 Å². The molecule has 2 aromatic rings. The largest absolute Gasteiger partial charge is 0.457 e. The quantitative estimate of drug-likeness (QED) is 0.707. The van der Waals surface area contributed by atoms with Gasteiger partial charge in [0, 0.05) is 5.56 Å². The van der Waals surface area contributed by atoms with Crippen molar-refractivity contribution < 1.29 is 9.53 Å². The Balaban J connectivity index is 2.15. The van der Waals surface area contributed by atoms with Crippen LogP contribution in [0, 0.1) is 6.07 Å². The number of rotatable bonds is 3. The van der Waals surface area contributed by atoms with Gasteiger partial charge in [0.15, 0.2) is 0 Å². The topological polar surface area (TPSA) is 26.3 Å². The van der Waals surface area contributed by atoms with Crippen molar-refractivity contribution in [1.29, 1.82) is 0 Å². The lowest BCUT2D eigenvalue weighted by atomic mass is 10.2. The molecule has 2 heteroatoms. The molecule has 0 unspecified atom stereocenters. The molecule has 15 heavy (non-hydrogen) atoms. The van der Waals surface area contributed by atoms with Crippen LogP contribution in [-0.4, -0.2) is 6.29 Å². The highest BCUT2D eigenvalue weighted by molar-refractivity contribution is 5.74. The lowest BCUT2D eigenvalue weighted by Crippen LogP contribution is -1.84. The molecule has 2 aromatic carbocycles. The van der Waals surface area contributed by atoms with Crippen LogP contribution >= 0.6 is 0 Å². The average molecular weight is 197 g/mol. The van der Waals surface area contributed by atoms with Crippen LogP contribution < -0.4 is 4.74 Å². The third-order valence-corrected chi connectivity index (χ3v) is 1.94. The molecule has 0 heterocycles. The lowest BCUT2D eigenvalue weighted by molar-refractivity contribution is 0.112. The summed E-state index contributed by atoms with van der Waals surface area (Å²) >= 11 is 0. The molecule has 0 saturated carbocycles. The van der Waals surface area contributed by atoms with Crippen molar-refractivity contribution >= 4 is 6.29 Å². The highest BCUT2D eigenvalue weighted by Gasteiger charge is 1.96. The molecule has 1 radical (unpaired) electrons. The van der Waals surface area contributed by atoms with Gasteiger partial charge >= 0.3 is 0 Å². The predicted molar refractivity (Wildman–Crippen MR) is 57.2 cm³/mol. The Morgan fingerprint density at radius 2 is 1.53 bits per heavy atom. The van der Waals surface area contributed by atoms with E-state index >= 15 is 0 Å². The van der Waals surface area contributed by atoms with Crippen molar-refractivity contribution in [2.24, 2.45) is 0 Å². The summed E-state index contributed by atoms with van der Waals surface area (Å²) in [5.74, 6) is 1.47. The third kappa shape index (κ3) is 2.44. The molecular weight excluding hydrogens is 188 g/mol. The van der Waals surface area contributed by atoms with Gasteiger partial charge in [0.1, 0.15) is 17.8 Å². The normalized spacial score (nSPS) is 9.60. The van der Waals surface area contributed by atoms with Gasteiger partial charge < -0.3 is 4.74 Å². The first-order valence-corrected chi connectivity index (χ1v) is 4.58.